The monoisotopic (exact) mass is 363 g/mol. The summed E-state index contributed by atoms with van der Waals surface area (Å²) in [7, 11) is 1.32. The van der Waals surface area contributed by atoms with Crippen LogP contribution < -0.4 is 10.1 Å². The lowest BCUT2D eigenvalue weighted by molar-refractivity contribution is -0.140. The van der Waals surface area contributed by atoms with Gasteiger partial charge >= 0.3 is 5.97 Å². The molecule has 1 aliphatic carbocycles. The minimum Gasteiger partial charge on any atom is -0.490 e. The lowest BCUT2D eigenvalue weighted by atomic mass is 10.0. The molecule has 0 aliphatic heterocycles. The standard InChI is InChI=1S/C20H29NO5/c1-5-14(3)26-17-10-9-15(13-16(17)18(22)24-4)21-19(23)20(25-6-2)11-7-8-12-20/h9-10,13-14H,5-8,11-12H2,1-4H3,(H,21,23)/t14-/m1/s1. The average Bonchev–Trinajstić information content (AvgIpc) is 3.12. The van der Waals surface area contributed by atoms with E-state index >= 15 is 0 Å². The number of amides is 1. The van der Waals surface area contributed by atoms with Gasteiger partial charge in [0.15, 0.2) is 0 Å². The molecule has 6 nitrogen and oxygen atoms in total. The molecule has 2 rings (SSSR count). The Kier molecular flexibility index (Phi) is 7.03. The van der Waals surface area contributed by atoms with Gasteiger partial charge in [-0.2, -0.15) is 0 Å². The molecule has 0 spiro atoms. The van der Waals surface area contributed by atoms with Crippen molar-refractivity contribution in [3.05, 3.63) is 23.8 Å². The van der Waals surface area contributed by atoms with E-state index in [1.54, 1.807) is 18.2 Å². The number of carbonyl (C=O) groups excluding carboxylic acids is 2. The summed E-state index contributed by atoms with van der Waals surface area (Å²) in [6, 6.07) is 5.02. The molecule has 144 valence electrons. The number of esters is 1. The van der Waals surface area contributed by atoms with E-state index in [-0.39, 0.29) is 12.0 Å². The van der Waals surface area contributed by atoms with Crippen molar-refractivity contribution in [1.29, 1.82) is 0 Å². The largest absolute Gasteiger partial charge is 0.490 e. The van der Waals surface area contributed by atoms with Crippen LogP contribution in [0.2, 0.25) is 0 Å². The fraction of sp³-hybridized carbons (Fsp3) is 0.600. The smallest absolute Gasteiger partial charge is 0.341 e. The third kappa shape index (κ3) is 4.55. The van der Waals surface area contributed by atoms with E-state index < -0.39 is 11.6 Å². The number of methoxy groups -OCH3 is 1. The molecule has 0 radical (unpaired) electrons. The van der Waals surface area contributed by atoms with Crippen LogP contribution in [0, 0.1) is 0 Å². The SMILES string of the molecule is CCOC1(C(=O)Nc2ccc(O[C@H](C)CC)c(C(=O)OC)c2)CCCC1. The number of ether oxygens (including phenoxy) is 3. The van der Waals surface area contributed by atoms with Crippen LogP contribution in [-0.4, -0.2) is 37.3 Å². The first-order valence-corrected chi connectivity index (χ1v) is 9.30. The van der Waals surface area contributed by atoms with E-state index in [9.17, 15) is 9.59 Å². The van der Waals surface area contributed by atoms with Crippen LogP contribution in [0.3, 0.4) is 0 Å². The molecule has 6 heteroatoms. The van der Waals surface area contributed by atoms with Crippen LogP contribution >= 0.6 is 0 Å². The van der Waals surface area contributed by atoms with E-state index in [0.29, 0.717) is 36.4 Å². The molecule has 26 heavy (non-hydrogen) atoms. The molecule has 1 N–H and O–H groups in total. The van der Waals surface area contributed by atoms with Crippen molar-refractivity contribution in [3.63, 3.8) is 0 Å². The van der Waals surface area contributed by atoms with Gasteiger partial charge in [-0.3, -0.25) is 4.79 Å². The molecular formula is C20H29NO5. The summed E-state index contributed by atoms with van der Waals surface area (Å²) in [5.74, 6) is -0.215. The molecule has 1 fully saturated rings. The first-order chi connectivity index (χ1) is 12.5. The van der Waals surface area contributed by atoms with E-state index in [1.165, 1.54) is 7.11 Å². The van der Waals surface area contributed by atoms with Gasteiger partial charge < -0.3 is 19.5 Å². The zero-order valence-corrected chi connectivity index (χ0v) is 16.1. The van der Waals surface area contributed by atoms with Crippen molar-refractivity contribution in [1.82, 2.24) is 0 Å². The van der Waals surface area contributed by atoms with Gasteiger partial charge in [-0.1, -0.05) is 6.92 Å². The van der Waals surface area contributed by atoms with Crippen LogP contribution in [0.15, 0.2) is 18.2 Å². The molecule has 1 aromatic rings. The van der Waals surface area contributed by atoms with Crippen molar-refractivity contribution >= 4 is 17.6 Å². The van der Waals surface area contributed by atoms with E-state index in [1.807, 2.05) is 20.8 Å². The second kappa shape index (κ2) is 9.03. The van der Waals surface area contributed by atoms with Crippen LogP contribution in [0.5, 0.6) is 5.75 Å². The molecule has 1 aliphatic rings. The van der Waals surface area contributed by atoms with E-state index in [4.69, 9.17) is 14.2 Å². The van der Waals surface area contributed by atoms with Crippen LogP contribution in [-0.2, 0) is 14.3 Å². The molecule has 1 aromatic carbocycles. The zero-order chi connectivity index (χ0) is 19.2. The Morgan fingerprint density at radius 1 is 1.23 bits per heavy atom. The summed E-state index contributed by atoms with van der Waals surface area (Å²) in [4.78, 5) is 24.9. The summed E-state index contributed by atoms with van der Waals surface area (Å²) < 4.78 is 16.4. The Hall–Kier alpha value is -2.08. The summed E-state index contributed by atoms with van der Waals surface area (Å²) in [5.41, 5.74) is 0.0480. The molecule has 0 bridgehead atoms. The van der Waals surface area contributed by atoms with Crippen molar-refractivity contribution < 1.29 is 23.8 Å². The maximum atomic E-state index is 12.8. The Balaban J connectivity index is 2.24. The minimum atomic E-state index is -0.772. The second-order valence-corrected chi connectivity index (χ2v) is 6.63. The van der Waals surface area contributed by atoms with Gasteiger partial charge in [-0.25, -0.2) is 4.79 Å². The first kappa shape index (κ1) is 20.2. The predicted octanol–water partition coefficient (Wildman–Crippen LogP) is 3.94. The first-order valence-electron chi connectivity index (χ1n) is 9.30. The molecule has 0 aromatic heterocycles. The van der Waals surface area contributed by atoms with Gasteiger partial charge in [0, 0.05) is 12.3 Å². The highest BCUT2D eigenvalue weighted by Crippen LogP contribution is 2.35. The summed E-state index contributed by atoms with van der Waals surface area (Å²) in [6.07, 6.45) is 4.16. The number of rotatable bonds is 8. The average molecular weight is 363 g/mol. The van der Waals surface area contributed by atoms with Gasteiger partial charge in [0.1, 0.15) is 16.9 Å². The van der Waals surface area contributed by atoms with Crippen molar-refractivity contribution in [2.75, 3.05) is 19.0 Å². The van der Waals surface area contributed by atoms with E-state index in [0.717, 1.165) is 19.3 Å². The number of hydrogen-bond donors (Lipinski definition) is 1. The lowest BCUT2D eigenvalue weighted by Gasteiger charge is -2.27. The quantitative estimate of drug-likeness (QED) is 0.708. The van der Waals surface area contributed by atoms with E-state index in [2.05, 4.69) is 5.32 Å². The highest BCUT2D eigenvalue weighted by atomic mass is 16.5. The van der Waals surface area contributed by atoms with Gasteiger partial charge in [0.05, 0.1) is 13.2 Å². The predicted molar refractivity (Wildman–Crippen MR) is 99.6 cm³/mol. The minimum absolute atomic E-state index is 0.0291. The summed E-state index contributed by atoms with van der Waals surface area (Å²) in [5, 5.41) is 2.90. The topological polar surface area (TPSA) is 73.9 Å². The number of benzene rings is 1. The molecular weight excluding hydrogens is 334 g/mol. The fourth-order valence-electron chi connectivity index (χ4n) is 3.18. The van der Waals surface area contributed by atoms with Crippen LogP contribution in [0.1, 0.15) is 63.2 Å². The fourth-order valence-corrected chi connectivity index (χ4v) is 3.18. The van der Waals surface area contributed by atoms with Crippen molar-refractivity contribution in [2.24, 2.45) is 0 Å². The van der Waals surface area contributed by atoms with Crippen LogP contribution in [0.4, 0.5) is 5.69 Å². The summed E-state index contributed by atoms with van der Waals surface area (Å²) >= 11 is 0. The lowest BCUT2D eigenvalue weighted by Crippen LogP contribution is -2.43. The third-order valence-electron chi connectivity index (χ3n) is 4.79. The Labute approximate surface area is 155 Å². The summed E-state index contributed by atoms with van der Waals surface area (Å²) in [6.45, 7) is 6.32. The van der Waals surface area contributed by atoms with Crippen molar-refractivity contribution in [3.8, 4) is 5.75 Å². The molecule has 0 saturated heterocycles. The number of hydrogen-bond acceptors (Lipinski definition) is 5. The molecule has 1 amide bonds. The van der Waals surface area contributed by atoms with Crippen molar-refractivity contribution in [2.45, 2.75) is 64.6 Å². The normalized spacial score (nSPS) is 16.8. The second-order valence-electron chi connectivity index (χ2n) is 6.63. The maximum absolute atomic E-state index is 12.8. The van der Waals surface area contributed by atoms with Gasteiger partial charge in [0.2, 0.25) is 0 Å². The molecule has 0 heterocycles. The molecule has 0 unspecified atom stereocenters. The Morgan fingerprint density at radius 3 is 2.50 bits per heavy atom. The Morgan fingerprint density at radius 2 is 1.92 bits per heavy atom. The van der Waals surface area contributed by atoms with Crippen LogP contribution in [0.25, 0.3) is 0 Å². The van der Waals surface area contributed by atoms with Gasteiger partial charge in [0.25, 0.3) is 5.91 Å². The maximum Gasteiger partial charge on any atom is 0.341 e. The third-order valence-corrected chi connectivity index (χ3v) is 4.79. The number of carbonyl (C=O) groups is 2. The highest BCUT2D eigenvalue weighted by Gasteiger charge is 2.42. The molecule has 1 saturated carbocycles. The van der Waals surface area contributed by atoms with Gasteiger partial charge in [-0.05, 0) is 64.2 Å². The molecule has 1 atom stereocenters. The zero-order valence-electron chi connectivity index (χ0n) is 16.1. The Bertz CT molecular complexity index is 637. The highest BCUT2D eigenvalue weighted by molar-refractivity contribution is 5.99. The number of nitrogens with one attached hydrogen (secondary N) is 1. The number of anilines is 1. The van der Waals surface area contributed by atoms with Gasteiger partial charge in [-0.15, -0.1) is 0 Å².